The number of isocyanates is 1. The van der Waals surface area contributed by atoms with Crippen molar-refractivity contribution < 1.29 is 13.2 Å². The molecule has 1 rings (SSSR count). The van der Waals surface area contributed by atoms with E-state index in [1.165, 1.54) is 18.2 Å². The molecule has 1 atom stereocenters. The predicted octanol–water partition coefficient (Wildman–Crippen LogP) is 1.08. The van der Waals surface area contributed by atoms with Gasteiger partial charge in [0.25, 0.3) is 16.1 Å². The summed E-state index contributed by atoms with van der Waals surface area (Å²) < 4.78 is 25.2. The van der Waals surface area contributed by atoms with Crippen molar-refractivity contribution in [2.75, 3.05) is 0 Å². The van der Waals surface area contributed by atoms with Gasteiger partial charge >= 0.3 is 0 Å². The Bertz CT molecular complexity index is 471. The summed E-state index contributed by atoms with van der Waals surface area (Å²) >= 11 is 10.5. The molecule has 0 saturated carbocycles. The third-order valence-corrected chi connectivity index (χ3v) is 3.78. The van der Waals surface area contributed by atoms with E-state index in [0.717, 1.165) is 6.08 Å². The van der Waals surface area contributed by atoms with Gasteiger partial charge in [0.05, 0.1) is 10.2 Å². The molecule has 4 nitrogen and oxygen atoms in total. The Hall–Kier alpha value is -0.810. The van der Waals surface area contributed by atoms with Crippen LogP contribution in [-0.4, -0.2) is 24.7 Å². The molecule has 0 N–H and O–H groups in total. The first-order valence-corrected chi connectivity index (χ1v) is 5.68. The topological polar surface area (TPSA) is 63.6 Å². The number of alkyl halides is 1. The van der Waals surface area contributed by atoms with Crippen LogP contribution in [0.25, 0.3) is 0 Å². The van der Waals surface area contributed by atoms with Crippen molar-refractivity contribution in [2.24, 2.45) is 4.40 Å². The fraction of sp³-hybridized carbons (Fsp3) is 0.143. The summed E-state index contributed by atoms with van der Waals surface area (Å²) in [5, 5.41) is -0.665. The van der Waals surface area contributed by atoms with E-state index in [9.17, 15) is 13.2 Å². The zero-order valence-electron chi connectivity index (χ0n) is 6.68. The molecule has 14 heavy (non-hydrogen) atoms. The fourth-order valence-corrected chi connectivity index (χ4v) is 2.41. The molecule has 0 fully saturated rings. The van der Waals surface area contributed by atoms with Gasteiger partial charge in [-0.2, -0.15) is 8.42 Å². The normalized spacial score (nSPS) is 21.4. The van der Waals surface area contributed by atoms with Gasteiger partial charge in [0.1, 0.15) is 4.91 Å². The molecular weight excluding hydrogens is 246 g/mol. The highest BCUT2D eigenvalue weighted by Gasteiger charge is 2.26. The highest BCUT2D eigenvalue weighted by Crippen LogP contribution is 2.21. The molecule has 0 aromatic carbocycles. The van der Waals surface area contributed by atoms with E-state index < -0.39 is 15.4 Å². The van der Waals surface area contributed by atoms with Gasteiger partial charge in [0.2, 0.25) is 0 Å². The molecule has 0 bridgehead atoms. The maximum absolute atomic E-state index is 11.3. The van der Waals surface area contributed by atoms with Gasteiger partial charge in [0.15, 0.2) is 0 Å². The minimum absolute atomic E-state index is 0.0353. The second-order valence-corrected chi connectivity index (χ2v) is 4.82. The number of hydrogen-bond donors (Lipinski definition) is 0. The fourth-order valence-electron chi connectivity index (χ4n) is 0.857. The first-order valence-electron chi connectivity index (χ1n) is 3.40. The molecule has 0 aliphatic heterocycles. The summed E-state index contributed by atoms with van der Waals surface area (Å²) in [5.74, 6) is 0. The second-order valence-electron chi connectivity index (χ2n) is 2.34. The molecule has 0 aromatic rings. The summed E-state index contributed by atoms with van der Waals surface area (Å²) in [6.45, 7) is 0. The standard InChI is InChI=1S/C7H4ClNO3S2/c8-5-2-1-3-6(7(5)13)14(11,12)9-4-10/h1-3,5H. The Morgan fingerprint density at radius 1 is 1.57 bits per heavy atom. The van der Waals surface area contributed by atoms with Crippen LogP contribution in [0.3, 0.4) is 0 Å². The minimum atomic E-state index is -4.03. The number of hydrogen-bond acceptors (Lipinski definition) is 4. The average Bonchev–Trinajstić information content (AvgIpc) is 2.09. The van der Waals surface area contributed by atoms with Crippen LogP contribution in [0.5, 0.6) is 0 Å². The molecule has 0 heterocycles. The van der Waals surface area contributed by atoms with E-state index in [0.29, 0.717) is 0 Å². The van der Waals surface area contributed by atoms with Crippen LogP contribution in [0.15, 0.2) is 27.5 Å². The molecule has 0 aromatic heterocycles. The quantitative estimate of drug-likeness (QED) is 0.318. The van der Waals surface area contributed by atoms with Crippen molar-refractivity contribution in [3.63, 3.8) is 0 Å². The smallest absolute Gasteiger partial charge is 0.210 e. The lowest BCUT2D eigenvalue weighted by Crippen LogP contribution is -2.20. The van der Waals surface area contributed by atoms with Gasteiger partial charge in [0, 0.05) is 0 Å². The summed E-state index contributed by atoms with van der Waals surface area (Å²) in [7, 11) is -4.03. The molecule has 0 amide bonds. The van der Waals surface area contributed by atoms with E-state index in [-0.39, 0.29) is 9.77 Å². The van der Waals surface area contributed by atoms with Crippen LogP contribution in [0, 0.1) is 0 Å². The van der Waals surface area contributed by atoms with Gasteiger partial charge in [-0.3, -0.25) is 0 Å². The number of rotatable bonds is 2. The zero-order chi connectivity index (χ0) is 10.8. The number of halogens is 1. The predicted molar refractivity (Wildman–Crippen MR) is 56.5 cm³/mol. The molecule has 0 spiro atoms. The number of thiocarbonyl (C=S) groups is 1. The van der Waals surface area contributed by atoms with Crippen molar-refractivity contribution in [1.29, 1.82) is 0 Å². The van der Waals surface area contributed by atoms with E-state index in [1.807, 2.05) is 0 Å². The van der Waals surface area contributed by atoms with E-state index in [4.69, 9.17) is 23.8 Å². The molecule has 0 radical (unpaired) electrons. The summed E-state index contributed by atoms with van der Waals surface area (Å²) in [5.41, 5.74) is 0. The maximum atomic E-state index is 11.3. The monoisotopic (exact) mass is 249 g/mol. The van der Waals surface area contributed by atoms with E-state index >= 15 is 0 Å². The molecule has 1 unspecified atom stereocenters. The Kier molecular flexibility index (Phi) is 3.34. The second kappa shape index (κ2) is 4.14. The largest absolute Gasteiger partial charge is 0.293 e. The molecular formula is C7H4ClNO3S2. The lowest BCUT2D eigenvalue weighted by Gasteiger charge is -2.11. The van der Waals surface area contributed by atoms with Crippen molar-refractivity contribution in [1.82, 2.24) is 0 Å². The van der Waals surface area contributed by atoms with Crippen LogP contribution in [0.1, 0.15) is 0 Å². The van der Waals surface area contributed by atoms with Crippen molar-refractivity contribution >= 4 is 44.8 Å². The molecule has 0 saturated heterocycles. The molecule has 7 heteroatoms. The van der Waals surface area contributed by atoms with Crippen LogP contribution < -0.4 is 0 Å². The highest BCUT2D eigenvalue weighted by atomic mass is 35.5. The molecule has 1 aliphatic carbocycles. The van der Waals surface area contributed by atoms with Crippen LogP contribution in [0.2, 0.25) is 0 Å². The molecule has 1 aliphatic rings. The number of sulfonamides is 1. The summed E-state index contributed by atoms with van der Waals surface area (Å²) in [6.07, 6.45) is 5.19. The number of allylic oxidation sites excluding steroid dienone is 4. The lowest BCUT2D eigenvalue weighted by atomic mass is 10.2. The van der Waals surface area contributed by atoms with Gasteiger partial charge < -0.3 is 0 Å². The average molecular weight is 250 g/mol. The zero-order valence-corrected chi connectivity index (χ0v) is 9.06. The third-order valence-electron chi connectivity index (χ3n) is 1.46. The Morgan fingerprint density at radius 2 is 2.21 bits per heavy atom. The number of nitrogens with zero attached hydrogens (tertiary/aromatic N) is 1. The van der Waals surface area contributed by atoms with Gasteiger partial charge in [-0.1, -0.05) is 28.8 Å². The summed E-state index contributed by atoms with van der Waals surface area (Å²) in [6, 6.07) is 0. The number of carbonyl (C=O) groups excluding carboxylic acids is 1. The van der Waals surface area contributed by atoms with Crippen molar-refractivity contribution in [3.8, 4) is 0 Å². The van der Waals surface area contributed by atoms with Crippen LogP contribution >= 0.6 is 23.8 Å². The SMILES string of the molecule is O=C=NS(=O)(=O)C1=CC=CC(Cl)C1=S. The van der Waals surface area contributed by atoms with E-state index in [2.05, 4.69) is 4.40 Å². The van der Waals surface area contributed by atoms with Gasteiger partial charge in [-0.15, -0.1) is 11.6 Å². The lowest BCUT2D eigenvalue weighted by molar-refractivity contribution is 0.564. The molecule has 74 valence electrons. The summed E-state index contributed by atoms with van der Waals surface area (Å²) in [4.78, 5) is 9.67. The van der Waals surface area contributed by atoms with Crippen LogP contribution in [-0.2, 0) is 14.8 Å². The first-order chi connectivity index (χ1) is 6.49. The third kappa shape index (κ3) is 2.16. The maximum Gasteiger partial charge on any atom is 0.293 e. The van der Waals surface area contributed by atoms with E-state index in [1.54, 1.807) is 0 Å². The first kappa shape index (κ1) is 11.3. The Morgan fingerprint density at radius 3 is 2.79 bits per heavy atom. The highest BCUT2D eigenvalue weighted by molar-refractivity contribution is 7.97. The van der Waals surface area contributed by atoms with Gasteiger partial charge in [-0.25, -0.2) is 4.79 Å². The Balaban J connectivity index is 3.24. The van der Waals surface area contributed by atoms with Gasteiger partial charge in [-0.05, 0) is 6.08 Å². The minimum Gasteiger partial charge on any atom is -0.210 e. The van der Waals surface area contributed by atoms with Crippen molar-refractivity contribution in [3.05, 3.63) is 23.1 Å². The van der Waals surface area contributed by atoms with Crippen molar-refractivity contribution in [2.45, 2.75) is 5.38 Å². The Labute approximate surface area is 91.0 Å². The van der Waals surface area contributed by atoms with Crippen LogP contribution in [0.4, 0.5) is 0 Å².